The first-order chi connectivity index (χ1) is 13.1. The molecular formula is C21H24FN5. The van der Waals surface area contributed by atoms with Crippen molar-refractivity contribution in [2.75, 3.05) is 20.6 Å². The van der Waals surface area contributed by atoms with Crippen LogP contribution in [0.15, 0.2) is 71.9 Å². The van der Waals surface area contributed by atoms with E-state index in [2.05, 4.69) is 27.5 Å². The maximum atomic E-state index is 13.0. The van der Waals surface area contributed by atoms with Crippen molar-refractivity contribution in [1.82, 2.24) is 20.0 Å². The summed E-state index contributed by atoms with van der Waals surface area (Å²) in [5, 5.41) is 7.92. The van der Waals surface area contributed by atoms with Crippen LogP contribution in [0.5, 0.6) is 0 Å². The summed E-state index contributed by atoms with van der Waals surface area (Å²) >= 11 is 0. The summed E-state index contributed by atoms with van der Waals surface area (Å²) in [5.41, 5.74) is 2.98. The molecule has 0 radical (unpaired) electrons. The SMILES string of the molecule is CN(C)C(=NCc1ccccc1)NCCc1ccn(-c2ccc(F)cc2)n1. The number of rotatable bonds is 6. The molecule has 0 fully saturated rings. The van der Waals surface area contributed by atoms with E-state index in [0.29, 0.717) is 6.54 Å². The zero-order chi connectivity index (χ0) is 19.1. The Morgan fingerprint density at radius 3 is 2.52 bits per heavy atom. The van der Waals surface area contributed by atoms with Gasteiger partial charge in [-0.2, -0.15) is 5.10 Å². The number of aromatic nitrogens is 2. The predicted molar refractivity (Wildman–Crippen MR) is 106 cm³/mol. The van der Waals surface area contributed by atoms with Gasteiger partial charge in [-0.1, -0.05) is 30.3 Å². The molecule has 0 spiro atoms. The molecule has 0 atom stereocenters. The first-order valence-corrected chi connectivity index (χ1v) is 8.92. The monoisotopic (exact) mass is 365 g/mol. The van der Waals surface area contributed by atoms with Crippen molar-refractivity contribution in [3.8, 4) is 5.69 Å². The lowest BCUT2D eigenvalue weighted by molar-refractivity contribution is 0.578. The Bertz CT molecular complexity index is 869. The molecular weight excluding hydrogens is 341 g/mol. The van der Waals surface area contributed by atoms with Crippen LogP contribution in [0.1, 0.15) is 11.3 Å². The molecule has 5 nitrogen and oxygen atoms in total. The molecule has 0 aliphatic heterocycles. The van der Waals surface area contributed by atoms with E-state index in [0.717, 1.165) is 30.3 Å². The van der Waals surface area contributed by atoms with Gasteiger partial charge in [0.15, 0.2) is 5.96 Å². The molecule has 1 heterocycles. The van der Waals surface area contributed by atoms with E-state index in [1.54, 1.807) is 16.8 Å². The van der Waals surface area contributed by atoms with E-state index >= 15 is 0 Å². The summed E-state index contributed by atoms with van der Waals surface area (Å²) in [6.07, 6.45) is 2.66. The molecule has 0 aliphatic rings. The maximum Gasteiger partial charge on any atom is 0.193 e. The number of benzene rings is 2. The van der Waals surface area contributed by atoms with Gasteiger partial charge in [0.1, 0.15) is 5.82 Å². The Morgan fingerprint density at radius 2 is 1.81 bits per heavy atom. The lowest BCUT2D eigenvalue weighted by Gasteiger charge is -2.17. The lowest BCUT2D eigenvalue weighted by Crippen LogP contribution is -2.37. The molecule has 2 aromatic carbocycles. The number of hydrogen-bond acceptors (Lipinski definition) is 2. The first-order valence-electron chi connectivity index (χ1n) is 8.92. The minimum atomic E-state index is -0.249. The number of hydrogen-bond donors (Lipinski definition) is 1. The average Bonchev–Trinajstić information content (AvgIpc) is 3.14. The smallest absolute Gasteiger partial charge is 0.193 e. The third-order valence-corrected chi connectivity index (χ3v) is 4.08. The molecule has 0 saturated heterocycles. The van der Waals surface area contributed by atoms with E-state index in [9.17, 15) is 4.39 Å². The molecule has 1 aromatic heterocycles. The van der Waals surface area contributed by atoms with Gasteiger partial charge in [0.25, 0.3) is 0 Å². The van der Waals surface area contributed by atoms with Crippen molar-refractivity contribution in [2.45, 2.75) is 13.0 Å². The van der Waals surface area contributed by atoms with Crippen molar-refractivity contribution in [2.24, 2.45) is 4.99 Å². The van der Waals surface area contributed by atoms with Gasteiger partial charge >= 0.3 is 0 Å². The highest BCUT2D eigenvalue weighted by Gasteiger charge is 2.04. The Hall–Kier alpha value is -3.15. The van der Waals surface area contributed by atoms with E-state index in [4.69, 9.17) is 0 Å². The summed E-state index contributed by atoms with van der Waals surface area (Å²) in [7, 11) is 3.94. The van der Waals surface area contributed by atoms with Crippen LogP contribution in [-0.2, 0) is 13.0 Å². The second-order valence-corrected chi connectivity index (χ2v) is 6.42. The summed E-state index contributed by atoms with van der Waals surface area (Å²) in [4.78, 5) is 6.63. The van der Waals surface area contributed by atoms with Crippen LogP contribution in [0.25, 0.3) is 5.69 Å². The molecule has 27 heavy (non-hydrogen) atoms. The topological polar surface area (TPSA) is 45.5 Å². The van der Waals surface area contributed by atoms with Crippen LogP contribution in [0.3, 0.4) is 0 Å². The largest absolute Gasteiger partial charge is 0.356 e. The number of guanidine groups is 1. The zero-order valence-electron chi connectivity index (χ0n) is 15.6. The lowest BCUT2D eigenvalue weighted by atomic mass is 10.2. The molecule has 1 N–H and O–H groups in total. The number of nitrogens with one attached hydrogen (secondary N) is 1. The highest BCUT2D eigenvalue weighted by Crippen LogP contribution is 2.09. The van der Waals surface area contributed by atoms with Crippen molar-refractivity contribution >= 4 is 5.96 Å². The first kappa shape index (κ1) is 18.6. The summed E-state index contributed by atoms with van der Waals surface area (Å²) in [6.45, 7) is 1.37. The van der Waals surface area contributed by atoms with Gasteiger partial charge in [-0.05, 0) is 35.9 Å². The van der Waals surface area contributed by atoms with Crippen molar-refractivity contribution in [3.05, 3.63) is 83.9 Å². The molecule has 6 heteroatoms. The maximum absolute atomic E-state index is 13.0. The van der Waals surface area contributed by atoms with Gasteiger partial charge in [0.2, 0.25) is 0 Å². The fraction of sp³-hybridized carbons (Fsp3) is 0.238. The summed E-state index contributed by atoms with van der Waals surface area (Å²) in [6, 6.07) is 18.4. The second kappa shape index (κ2) is 8.98. The fourth-order valence-corrected chi connectivity index (χ4v) is 2.64. The molecule has 0 saturated carbocycles. The normalized spacial score (nSPS) is 11.4. The van der Waals surface area contributed by atoms with E-state index < -0.39 is 0 Å². The highest BCUT2D eigenvalue weighted by molar-refractivity contribution is 5.79. The molecule has 0 bridgehead atoms. The van der Waals surface area contributed by atoms with E-state index in [1.807, 2.05) is 49.5 Å². The minimum Gasteiger partial charge on any atom is -0.356 e. The number of halogens is 1. The highest BCUT2D eigenvalue weighted by atomic mass is 19.1. The third kappa shape index (κ3) is 5.41. The van der Waals surface area contributed by atoms with Gasteiger partial charge in [-0.15, -0.1) is 0 Å². The van der Waals surface area contributed by atoms with Crippen LogP contribution in [0.4, 0.5) is 4.39 Å². The molecule has 0 unspecified atom stereocenters. The van der Waals surface area contributed by atoms with Gasteiger partial charge < -0.3 is 10.2 Å². The predicted octanol–water partition coefficient (Wildman–Crippen LogP) is 3.26. The second-order valence-electron chi connectivity index (χ2n) is 6.42. The Morgan fingerprint density at radius 1 is 1.07 bits per heavy atom. The van der Waals surface area contributed by atoms with Crippen LogP contribution in [0, 0.1) is 5.82 Å². The fourth-order valence-electron chi connectivity index (χ4n) is 2.64. The number of aliphatic imine (C=N–C) groups is 1. The molecule has 0 amide bonds. The van der Waals surface area contributed by atoms with Crippen LogP contribution in [0.2, 0.25) is 0 Å². The van der Waals surface area contributed by atoms with Crippen molar-refractivity contribution in [1.29, 1.82) is 0 Å². The zero-order valence-corrected chi connectivity index (χ0v) is 15.6. The van der Waals surface area contributed by atoms with Crippen LogP contribution >= 0.6 is 0 Å². The van der Waals surface area contributed by atoms with Gasteiger partial charge in [-0.25, -0.2) is 14.1 Å². The minimum absolute atomic E-state index is 0.249. The quantitative estimate of drug-likeness (QED) is 0.539. The molecule has 140 valence electrons. The van der Waals surface area contributed by atoms with E-state index in [1.165, 1.54) is 17.7 Å². The summed E-state index contributed by atoms with van der Waals surface area (Å²) < 4.78 is 14.8. The Labute approximate surface area is 159 Å². The summed E-state index contributed by atoms with van der Waals surface area (Å²) in [5.74, 6) is 0.596. The Balaban J connectivity index is 1.55. The Kier molecular flexibility index (Phi) is 6.20. The van der Waals surface area contributed by atoms with Crippen molar-refractivity contribution < 1.29 is 4.39 Å². The van der Waals surface area contributed by atoms with Crippen molar-refractivity contribution in [3.63, 3.8) is 0 Å². The van der Waals surface area contributed by atoms with Crippen LogP contribution < -0.4 is 5.32 Å². The standard InChI is InChI=1S/C21H24FN5/c1-26(2)21(24-16-17-6-4-3-5-7-17)23-14-12-19-13-15-27(25-19)20-10-8-18(22)9-11-20/h3-11,13,15H,12,14,16H2,1-2H3,(H,23,24). The molecule has 3 aromatic rings. The van der Waals surface area contributed by atoms with Gasteiger partial charge in [0.05, 0.1) is 17.9 Å². The molecule has 0 aliphatic carbocycles. The molecule has 3 rings (SSSR count). The van der Waals surface area contributed by atoms with Gasteiger partial charge in [-0.3, -0.25) is 0 Å². The number of nitrogens with zero attached hydrogens (tertiary/aromatic N) is 4. The van der Waals surface area contributed by atoms with E-state index in [-0.39, 0.29) is 5.82 Å². The van der Waals surface area contributed by atoms with Gasteiger partial charge in [0, 0.05) is 33.3 Å². The average molecular weight is 365 g/mol. The van der Waals surface area contributed by atoms with Crippen LogP contribution in [-0.4, -0.2) is 41.3 Å². The third-order valence-electron chi connectivity index (χ3n) is 4.08.